The highest BCUT2D eigenvalue weighted by atomic mass is 35.5. The van der Waals surface area contributed by atoms with Gasteiger partial charge in [0.05, 0.1) is 23.1 Å². The number of nitrogens with one attached hydrogen (secondary N) is 2. The van der Waals surface area contributed by atoms with Crippen molar-refractivity contribution in [2.45, 2.75) is 6.18 Å². The molecule has 136 valence electrons. The molecule has 1 aromatic heterocycles. The monoisotopic (exact) mass is 382 g/mol. The molecule has 0 aliphatic rings. The Morgan fingerprint density at radius 1 is 1.23 bits per heavy atom. The van der Waals surface area contributed by atoms with Gasteiger partial charge in [-0.15, -0.1) is 0 Å². The second-order valence-corrected chi connectivity index (χ2v) is 6.04. The molecule has 0 radical (unpaired) electrons. The zero-order chi connectivity index (χ0) is 18.9. The fraction of sp³-hybridized carbons (Fsp3) is 0.176. The maximum Gasteiger partial charge on any atom is 0.416 e. The zero-order valence-corrected chi connectivity index (χ0v) is 14.3. The summed E-state index contributed by atoms with van der Waals surface area (Å²) in [5, 5.41) is 5.82. The quantitative estimate of drug-likeness (QED) is 0.707. The van der Waals surface area contributed by atoms with Gasteiger partial charge in [-0.2, -0.15) is 13.2 Å². The van der Waals surface area contributed by atoms with Crippen molar-refractivity contribution in [1.29, 1.82) is 0 Å². The summed E-state index contributed by atoms with van der Waals surface area (Å²) in [5.41, 5.74) is 0.832. The van der Waals surface area contributed by atoms with E-state index in [4.69, 9.17) is 11.6 Å². The van der Waals surface area contributed by atoms with Gasteiger partial charge in [-0.3, -0.25) is 10.1 Å². The van der Waals surface area contributed by atoms with Crippen LogP contribution in [-0.4, -0.2) is 22.0 Å². The first kappa shape index (κ1) is 18.1. The highest BCUT2D eigenvalue weighted by molar-refractivity contribution is 6.31. The summed E-state index contributed by atoms with van der Waals surface area (Å²) in [6, 6.07) is 9.82. The summed E-state index contributed by atoms with van der Waals surface area (Å²) in [6.07, 6.45) is -4.44. The second kappa shape index (κ2) is 6.87. The molecule has 1 amide bonds. The minimum absolute atomic E-state index is 0.201. The van der Waals surface area contributed by atoms with Crippen molar-refractivity contribution in [3.63, 3.8) is 0 Å². The Morgan fingerprint density at radius 3 is 2.73 bits per heavy atom. The lowest BCUT2D eigenvalue weighted by Crippen LogP contribution is -2.23. The van der Waals surface area contributed by atoms with E-state index in [1.165, 1.54) is 12.1 Å². The first-order valence-electron chi connectivity index (χ1n) is 7.57. The topological polar surface area (TPSA) is 59.0 Å². The van der Waals surface area contributed by atoms with Crippen LogP contribution in [0.2, 0.25) is 5.02 Å². The predicted molar refractivity (Wildman–Crippen MR) is 94.3 cm³/mol. The van der Waals surface area contributed by atoms with E-state index in [1.807, 2.05) is 0 Å². The van der Waals surface area contributed by atoms with Gasteiger partial charge in [0, 0.05) is 17.8 Å². The number of imidazole rings is 1. The van der Waals surface area contributed by atoms with Crippen LogP contribution in [0.3, 0.4) is 0 Å². The molecule has 0 aliphatic carbocycles. The molecule has 2 aromatic carbocycles. The lowest BCUT2D eigenvalue weighted by Gasteiger charge is -2.10. The molecule has 0 spiro atoms. The van der Waals surface area contributed by atoms with Crippen molar-refractivity contribution in [2.75, 3.05) is 17.2 Å². The summed E-state index contributed by atoms with van der Waals surface area (Å²) in [7, 11) is 1.74. The summed E-state index contributed by atoms with van der Waals surface area (Å²) >= 11 is 5.92. The maximum atomic E-state index is 12.7. The van der Waals surface area contributed by atoms with Crippen molar-refractivity contribution in [1.82, 2.24) is 9.55 Å². The molecule has 0 fully saturated rings. The smallest absolute Gasteiger partial charge is 0.376 e. The molecular formula is C17H14ClF3N4O. The Balaban J connectivity index is 1.67. The van der Waals surface area contributed by atoms with Crippen LogP contribution in [0.4, 0.5) is 24.8 Å². The standard InChI is InChI=1S/C17H14ClF3N4O/c1-25-14-6-5-11(18)8-13(14)23-16(25)24-15(26)9-22-12-4-2-3-10(7-12)17(19,20)21/h2-8,22H,9H2,1H3,(H,23,24,26). The first-order chi connectivity index (χ1) is 12.2. The van der Waals surface area contributed by atoms with Crippen LogP contribution in [0, 0.1) is 0 Å². The molecule has 0 saturated heterocycles. The van der Waals surface area contributed by atoms with Crippen LogP contribution < -0.4 is 10.6 Å². The fourth-order valence-electron chi connectivity index (χ4n) is 2.44. The second-order valence-electron chi connectivity index (χ2n) is 5.61. The van der Waals surface area contributed by atoms with Crippen LogP contribution in [0.1, 0.15) is 5.56 Å². The molecule has 2 N–H and O–H groups in total. The fourth-order valence-corrected chi connectivity index (χ4v) is 2.61. The Hall–Kier alpha value is -2.74. The Bertz CT molecular complexity index is 968. The average molecular weight is 383 g/mol. The zero-order valence-electron chi connectivity index (χ0n) is 13.6. The number of carbonyl (C=O) groups is 1. The summed E-state index contributed by atoms with van der Waals surface area (Å²) in [5.74, 6) is -0.120. The Labute approximate surface area is 151 Å². The molecule has 5 nitrogen and oxygen atoms in total. The third kappa shape index (κ3) is 3.91. The van der Waals surface area contributed by atoms with Crippen molar-refractivity contribution in [2.24, 2.45) is 7.05 Å². The summed E-state index contributed by atoms with van der Waals surface area (Å²) < 4.78 is 39.8. The minimum Gasteiger partial charge on any atom is -0.376 e. The lowest BCUT2D eigenvalue weighted by molar-refractivity contribution is -0.137. The van der Waals surface area contributed by atoms with E-state index in [0.717, 1.165) is 17.6 Å². The number of hydrogen-bond acceptors (Lipinski definition) is 3. The number of anilines is 2. The molecule has 0 atom stereocenters. The van der Waals surface area contributed by atoms with Crippen molar-refractivity contribution < 1.29 is 18.0 Å². The number of halogens is 4. The van der Waals surface area contributed by atoms with Crippen LogP contribution in [0.25, 0.3) is 11.0 Å². The van der Waals surface area contributed by atoms with Gasteiger partial charge in [0.25, 0.3) is 0 Å². The summed E-state index contributed by atoms with van der Waals surface area (Å²) in [6.45, 7) is -0.203. The van der Waals surface area contributed by atoms with Crippen LogP contribution in [0.5, 0.6) is 0 Å². The molecule has 1 heterocycles. The molecule has 9 heteroatoms. The molecule has 3 rings (SSSR count). The molecule has 26 heavy (non-hydrogen) atoms. The molecule has 0 unspecified atom stereocenters. The van der Waals surface area contributed by atoms with Crippen molar-refractivity contribution in [3.05, 3.63) is 53.1 Å². The number of aromatic nitrogens is 2. The highest BCUT2D eigenvalue weighted by Gasteiger charge is 2.30. The van der Waals surface area contributed by atoms with E-state index in [9.17, 15) is 18.0 Å². The van der Waals surface area contributed by atoms with E-state index in [-0.39, 0.29) is 12.2 Å². The number of aryl methyl sites for hydroxylation is 1. The van der Waals surface area contributed by atoms with Gasteiger partial charge in [0.2, 0.25) is 11.9 Å². The van der Waals surface area contributed by atoms with Crippen molar-refractivity contribution >= 4 is 40.2 Å². The van der Waals surface area contributed by atoms with Crippen LogP contribution in [0.15, 0.2) is 42.5 Å². The third-order valence-electron chi connectivity index (χ3n) is 3.74. The Morgan fingerprint density at radius 2 is 2.00 bits per heavy atom. The molecule has 0 bridgehead atoms. The number of amides is 1. The molecular weight excluding hydrogens is 369 g/mol. The number of benzene rings is 2. The van der Waals surface area contributed by atoms with Crippen LogP contribution >= 0.6 is 11.6 Å². The normalized spacial score (nSPS) is 11.6. The van der Waals surface area contributed by atoms with Gasteiger partial charge in [0.15, 0.2) is 0 Å². The predicted octanol–water partition coefficient (Wildman–Crippen LogP) is 4.30. The Kier molecular flexibility index (Phi) is 4.78. The van der Waals surface area contributed by atoms with E-state index < -0.39 is 17.6 Å². The van der Waals surface area contributed by atoms with E-state index in [0.29, 0.717) is 16.5 Å². The van der Waals surface area contributed by atoms with Gasteiger partial charge in [0.1, 0.15) is 0 Å². The SMILES string of the molecule is Cn1c(NC(=O)CNc2cccc(C(F)(F)F)c2)nc2cc(Cl)ccc21. The van der Waals surface area contributed by atoms with E-state index in [1.54, 1.807) is 29.8 Å². The van der Waals surface area contributed by atoms with E-state index in [2.05, 4.69) is 15.6 Å². The van der Waals surface area contributed by atoms with Gasteiger partial charge in [-0.1, -0.05) is 17.7 Å². The number of fused-ring (bicyclic) bond motifs is 1. The number of nitrogens with zero attached hydrogens (tertiary/aromatic N) is 2. The number of rotatable bonds is 4. The molecule has 0 saturated carbocycles. The maximum absolute atomic E-state index is 12.7. The molecule has 3 aromatic rings. The minimum atomic E-state index is -4.44. The van der Waals surface area contributed by atoms with Gasteiger partial charge in [-0.25, -0.2) is 4.98 Å². The van der Waals surface area contributed by atoms with E-state index >= 15 is 0 Å². The van der Waals surface area contributed by atoms with Gasteiger partial charge in [-0.05, 0) is 36.4 Å². The van der Waals surface area contributed by atoms with Gasteiger partial charge >= 0.3 is 6.18 Å². The third-order valence-corrected chi connectivity index (χ3v) is 3.97. The largest absolute Gasteiger partial charge is 0.416 e. The molecule has 0 aliphatic heterocycles. The van der Waals surface area contributed by atoms with Crippen LogP contribution in [-0.2, 0) is 18.0 Å². The first-order valence-corrected chi connectivity index (χ1v) is 7.95. The number of alkyl halides is 3. The average Bonchev–Trinajstić information content (AvgIpc) is 2.87. The summed E-state index contributed by atoms with van der Waals surface area (Å²) in [4.78, 5) is 16.4. The number of hydrogen-bond donors (Lipinski definition) is 2. The van der Waals surface area contributed by atoms with Gasteiger partial charge < -0.3 is 9.88 Å². The van der Waals surface area contributed by atoms with Crippen molar-refractivity contribution in [3.8, 4) is 0 Å². The lowest BCUT2D eigenvalue weighted by atomic mass is 10.2. The number of carbonyl (C=O) groups excluding carboxylic acids is 1. The highest BCUT2D eigenvalue weighted by Crippen LogP contribution is 2.30.